The zero-order valence-corrected chi connectivity index (χ0v) is 11.9. The molecule has 0 radical (unpaired) electrons. The summed E-state index contributed by atoms with van der Waals surface area (Å²) in [5, 5.41) is 3.88. The standard InChI is InChI=1S/C12H18N2O3S/c1-5-17-11(3)13-14(4)18(15,16)12-8-6-10(2)7-9-12/h6-9H,5H2,1-4H3/b13-11+. The summed E-state index contributed by atoms with van der Waals surface area (Å²) in [6.45, 7) is 5.78. The average Bonchev–Trinajstić information content (AvgIpc) is 2.29. The van der Waals surface area contributed by atoms with E-state index in [0.717, 1.165) is 9.98 Å². The lowest BCUT2D eigenvalue weighted by Gasteiger charge is -2.15. The second-order valence-corrected chi connectivity index (χ2v) is 5.75. The molecule has 0 spiro atoms. The largest absolute Gasteiger partial charge is 0.480 e. The lowest BCUT2D eigenvalue weighted by molar-refractivity contribution is 0.313. The third-order valence-electron chi connectivity index (χ3n) is 2.30. The van der Waals surface area contributed by atoms with Crippen LogP contribution >= 0.6 is 0 Å². The molecule has 18 heavy (non-hydrogen) atoms. The highest BCUT2D eigenvalue weighted by molar-refractivity contribution is 7.89. The van der Waals surface area contributed by atoms with Crippen LogP contribution in [0.15, 0.2) is 34.3 Å². The van der Waals surface area contributed by atoms with Crippen molar-refractivity contribution in [3.63, 3.8) is 0 Å². The molecule has 0 N–H and O–H groups in total. The molecule has 0 atom stereocenters. The van der Waals surface area contributed by atoms with Gasteiger partial charge in [0.15, 0.2) is 0 Å². The van der Waals surface area contributed by atoms with E-state index in [-0.39, 0.29) is 4.90 Å². The van der Waals surface area contributed by atoms with Crippen LogP contribution in [0.1, 0.15) is 19.4 Å². The third-order valence-corrected chi connectivity index (χ3v) is 3.95. The molecule has 6 heteroatoms. The summed E-state index contributed by atoms with van der Waals surface area (Å²) in [5.41, 5.74) is 1.01. The Labute approximate surface area is 108 Å². The Morgan fingerprint density at radius 3 is 2.39 bits per heavy atom. The fraction of sp³-hybridized carbons (Fsp3) is 0.417. The predicted molar refractivity (Wildman–Crippen MR) is 70.9 cm³/mol. The molecule has 0 bridgehead atoms. The SMILES string of the molecule is CCO/C(C)=N/N(C)S(=O)(=O)c1ccc(C)cc1. The van der Waals surface area contributed by atoms with E-state index in [1.807, 2.05) is 13.8 Å². The summed E-state index contributed by atoms with van der Waals surface area (Å²) in [4.78, 5) is 0.212. The Hall–Kier alpha value is -1.56. The van der Waals surface area contributed by atoms with Crippen molar-refractivity contribution >= 4 is 15.9 Å². The van der Waals surface area contributed by atoms with Gasteiger partial charge in [-0.05, 0) is 26.0 Å². The first-order chi connectivity index (χ1) is 8.37. The minimum atomic E-state index is -3.60. The maximum absolute atomic E-state index is 12.1. The van der Waals surface area contributed by atoms with Crippen molar-refractivity contribution < 1.29 is 13.2 Å². The topological polar surface area (TPSA) is 59.0 Å². The zero-order chi connectivity index (χ0) is 13.8. The molecule has 5 nitrogen and oxygen atoms in total. The van der Waals surface area contributed by atoms with Crippen LogP contribution in [0.5, 0.6) is 0 Å². The van der Waals surface area contributed by atoms with Crippen molar-refractivity contribution in [2.75, 3.05) is 13.7 Å². The summed E-state index contributed by atoms with van der Waals surface area (Å²) < 4.78 is 30.3. The molecular formula is C12H18N2O3S. The van der Waals surface area contributed by atoms with Gasteiger partial charge >= 0.3 is 0 Å². The summed E-state index contributed by atoms with van der Waals surface area (Å²) in [6.07, 6.45) is 0. The minimum absolute atomic E-state index is 0.212. The second kappa shape index (κ2) is 5.86. The van der Waals surface area contributed by atoms with Gasteiger partial charge in [-0.1, -0.05) is 17.7 Å². The first kappa shape index (κ1) is 14.5. The van der Waals surface area contributed by atoms with Gasteiger partial charge in [-0.25, -0.2) is 0 Å². The summed E-state index contributed by atoms with van der Waals surface area (Å²) in [7, 11) is -2.22. The number of rotatable bonds is 4. The molecule has 100 valence electrons. The Kier molecular flexibility index (Phi) is 4.72. The van der Waals surface area contributed by atoms with E-state index < -0.39 is 10.0 Å². The van der Waals surface area contributed by atoms with Crippen LogP contribution in [0.4, 0.5) is 0 Å². The number of aryl methyl sites for hydroxylation is 1. The van der Waals surface area contributed by atoms with Crippen LogP contribution in [-0.4, -0.2) is 32.4 Å². The average molecular weight is 270 g/mol. The Morgan fingerprint density at radius 2 is 1.89 bits per heavy atom. The van der Waals surface area contributed by atoms with E-state index in [2.05, 4.69) is 5.10 Å². The number of benzene rings is 1. The van der Waals surface area contributed by atoms with Crippen molar-refractivity contribution in [3.05, 3.63) is 29.8 Å². The first-order valence-corrected chi connectivity index (χ1v) is 7.05. The lowest BCUT2D eigenvalue weighted by atomic mass is 10.2. The molecule has 0 aliphatic heterocycles. The fourth-order valence-electron chi connectivity index (χ4n) is 1.35. The van der Waals surface area contributed by atoms with Gasteiger partial charge < -0.3 is 4.74 Å². The van der Waals surface area contributed by atoms with Gasteiger partial charge in [0.25, 0.3) is 10.0 Å². The highest BCUT2D eigenvalue weighted by Gasteiger charge is 2.19. The van der Waals surface area contributed by atoms with Crippen molar-refractivity contribution in [1.82, 2.24) is 4.41 Å². The minimum Gasteiger partial charge on any atom is -0.480 e. The first-order valence-electron chi connectivity index (χ1n) is 5.61. The molecule has 0 aromatic heterocycles. The molecule has 1 rings (SSSR count). The highest BCUT2D eigenvalue weighted by Crippen LogP contribution is 2.15. The van der Waals surface area contributed by atoms with Gasteiger partial charge in [0.2, 0.25) is 5.90 Å². The second-order valence-electron chi connectivity index (χ2n) is 3.80. The molecule has 1 aromatic carbocycles. The van der Waals surface area contributed by atoms with Gasteiger partial charge in [-0.15, -0.1) is 5.10 Å². The molecule has 0 amide bonds. The molecule has 1 aromatic rings. The number of ether oxygens (including phenoxy) is 1. The van der Waals surface area contributed by atoms with Crippen molar-refractivity contribution in [2.24, 2.45) is 5.10 Å². The zero-order valence-electron chi connectivity index (χ0n) is 11.0. The third kappa shape index (κ3) is 3.46. The van der Waals surface area contributed by atoms with Gasteiger partial charge in [0.1, 0.15) is 0 Å². The summed E-state index contributed by atoms with van der Waals surface area (Å²) >= 11 is 0. The van der Waals surface area contributed by atoms with E-state index in [4.69, 9.17) is 4.74 Å². The fourth-order valence-corrected chi connectivity index (χ4v) is 2.36. The summed E-state index contributed by atoms with van der Waals surface area (Å²) in [6, 6.07) is 6.62. The van der Waals surface area contributed by atoms with Crippen molar-refractivity contribution in [1.29, 1.82) is 0 Å². The monoisotopic (exact) mass is 270 g/mol. The number of nitrogens with zero attached hydrogens (tertiary/aromatic N) is 2. The van der Waals surface area contributed by atoms with Crippen LogP contribution in [0.2, 0.25) is 0 Å². The number of hydrogen-bond acceptors (Lipinski definition) is 4. The van der Waals surface area contributed by atoms with E-state index in [1.165, 1.54) is 7.05 Å². The van der Waals surface area contributed by atoms with Gasteiger partial charge in [-0.2, -0.15) is 12.8 Å². The van der Waals surface area contributed by atoms with Crippen LogP contribution in [0.25, 0.3) is 0 Å². The molecule has 0 fully saturated rings. The van der Waals surface area contributed by atoms with E-state index in [1.54, 1.807) is 31.2 Å². The predicted octanol–water partition coefficient (Wildman–Crippen LogP) is 1.99. The molecular weight excluding hydrogens is 252 g/mol. The number of sulfonamides is 1. The van der Waals surface area contributed by atoms with Crippen molar-refractivity contribution in [3.8, 4) is 0 Å². The van der Waals surface area contributed by atoms with Gasteiger partial charge in [0, 0.05) is 14.0 Å². The van der Waals surface area contributed by atoms with Crippen LogP contribution in [0.3, 0.4) is 0 Å². The molecule has 0 saturated carbocycles. The van der Waals surface area contributed by atoms with Crippen LogP contribution in [-0.2, 0) is 14.8 Å². The maximum atomic E-state index is 12.1. The van der Waals surface area contributed by atoms with Crippen molar-refractivity contribution in [2.45, 2.75) is 25.7 Å². The van der Waals surface area contributed by atoms with Gasteiger partial charge in [-0.3, -0.25) is 0 Å². The quantitative estimate of drug-likeness (QED) is 0.477. The number of hydrazone groups is 1. The summed E-state index contributed by atoms with van der Waals surface area (Å²) in [5.74, 6) is 0.315. The number of hydrogen-bond donors (Lipinski definition) is 0. The maximum Gasteiger partial charge on any atom is 0.278 e. The molecule has 0 aliphatic rings. The Balaban J connectivity index is 3.00. The highest BCUT2D eigenvalue weighted by atomic mass is 32.2. The van der Waals surface area contributed by atoms with Gasteiger partial charge in [0.05, 0.1) is 11.5 Å². The van der Waals surface area contributed by atoms with E-state index in [0.29, 0.717) is 12.5 Å². The molecule has 0 heterocycles. The Bertz CT molecular complexity index is 521. The van der Waals surface area contributed by atoms with Crippen LogP contribution in [0, 0.1) is 6.92 Å². The van der Waals surface area contributed by atoms with E-state index in [9.17, 15) is 8.42 Å². The smallest absolute Gasteiger partial charge is 0.278 e. The molecule has 0 unspecified atom stereocenters. The van der Waals surface area contributed by atoms with E-state index >= 15 is 0 Å². The lowest BCUT2D eigenvalue weighted by Crippen LogP contribution is -2.23. The normalized spacial score (nSPS) is 12.3. The molecule has 0 saturated heterocycles. The Morgan fingerprint density at radius 1 is 1.33 bits per heavy atom. The molecule has 0 aliphatic carbocycles. The van der Waals surface area contributed by atoms with Crippen LogP contribution < -0.4 is 0 Å².